The van der Waals surface area contributed by atoms with Gasteiger partial charge in [0, 0.05) is 31.7 Å². The van der Waals surface area contributed by atoms with E-state index in [-0.39, 0.29) is 0 Å². The van der Waals surface area contributed by atoms with Crippen LogP contribution >= 0.6 is 0 Å². The number of likely N-dealkylation sites (N-methyl/N-ethyl adjacent to an activating group) is 3. The van der Waals surface area contributed by atoms with Gasteiger partial charge in [0.2, 0.25) is 0 Å². The van der Waals surface area contributed by atoms with Crippen molar-refractivity contribution in [2.75, 3.05) is 40.8 Å². The van der Waals surface area contributed by atoms with Gasteiger partial charge in [-0.25, -0.2) is 0 Å². The van der Waals surface area contributed by atoms with E-state index in [1.54, 1.807) is 0 Å². The highest BCUT2D eigenvalue weighted by molar-refractivity contribution is 4.88. The van der Waals surface area contributed by atoms with Gasteiger partial charge in [-0.3, -0.25) is 4.90 Å². The zero-order valence-corrected chi connectivity index (χ0v) is 12.9. The molecule has 1 rings (SSSR count). The lowest BCUT2D eigenvalue weighted by Crippen LogP contribution is -2.58. The number of nitrogens with zero attached hydrogens (tertiary/aromatic N) is 2. The summed E-state index contributed by atoms with van der Waals surface area (Å²) in [7, 11) is 6.65. The van der Waals surface area contributed by atoms with E-state index >= 15 is 0 Å². The number of hydrogen-bond acceptors (Lipinski definition) is 3. The van der Waals surface area contributed by atoms with E-state index in [9.17, 15) is 0 Å². The first kappa shape index (κ1) is 15.9. The summed E-state index contributed by atoms with van der Waals surface area (Å²) in [5.74, 6) is 0. The van der Waals surface area contributed by atoms with Crippen molar-refractivity contribution in [1.82, 2.24) is 15.1 Å². The lowest BCUT2D eigenvalue weighted by molar-refractivity contribution is 0.0866. The minimum Gasteiger partial charge on any atom is -0.315 e. The molecule has 2 unspecified atom stereocenters. The van der Waals surface area contributed by atoms with Crippen LogP contribution in [-0.2, 0) is 0 Å². The first-order valence-electron chi connectivity index (χ1n) is 7.75. The summed E-state index contributed by atoms with van der Waals surface area (Å²) in [6.07, 6.45) is 8.25. The molecule has 18 heavy (non-hydrogen) atoms. The van der Waals surface area contributed by atoms with Gasteiger partial charge < -0.3 is 10.2 Å². The number of nitrogens with one attached hydrogen (secondary N) is 1. The van der Waals surface area contributed by atoms with Crippen LogP contribution in [-0.4, -0.2) is 62.7 Å². The van der Waals surface area contributed by atoms with Crippen molar-refractivity contribution in [3.63, 3.8) is 0 Å². The van der Waals surface area contributed by atoms with Gasteiger partial charge in [0.15, 0.2) is 0 Å². The molecule has 2 atom stereocenters. The summed E-state index contributed by atoms with van der Waals surface area (Å²) >= 11 is 0. The molecule has 0 bridgehead atoms. The molecule has 1 aliphatic heterocycles. The molecule has 0 aromatic heterocycles. The molecule has 0 radical (unpaired) electrons. The van der Waals surface area contributed by atoms with Gasteiger partial charge in [-0.1, -0.05) is 39.0 Å². The quantitative estimate of drug-likeness (QED) is 0.671. The Labute approximate surface area is 114 Å². The second-order valence-corrected chi connectivity index (χ2v) is 5.91. The molecule has 0 aromatic rings. The van der Waals surface area contributed by atoms with E-state index in [0.29, 0.717) is 12.1 Å². The van der Waals surface area contributed by atoms with Crippen molar-refractivity contribution in [1.29, 1.82) is 0 Å². The number of rotatable bonds is 8. The van der Waals surface area contributed by atoms with Crippen LogP contribution in [0.25, 0.3) is 0 Å². The normalized spacial score (nSPS) is 24.3. The van der Waals surface area contributed by atoms with Crippen LogP contribution in [0.3, 0.4) is 0 Å². The summed E-state index contributed by atoms with van der Waals surface area (Å²) in [6.45, 7) is 5.90. The average Bonchev–Trinajstić information content (AvgIpc) is 2.37. The maximum atomic E-state index is 3.55. The molecule has 3 heteroatoms. The summed E-state index contributed by atoms with van der Waals surface area (Å²) < 4.78 is 0. The lowest BCUT2D eigenvalue weighted by atomic mass is 9.97. The maximum Gasteiger partial charge on any atom is 0.0373 e. The van der Waals surface area contributed by atoms with Crippen LogP contribution in [0.1, 0.15) is 45.4 Å². The Kier molecular flexibility index (Phi) is 7.87. The molecule has 3 nitrogen and oxygen atoms in total. The van der Waals surface area contributed by atoms with Crippen LogP contribution in [0.5, 0.6) is 0 Å². The molecule has 108 valence electrons. The SMILES string of the molecule is CCCCCCCC(NC)C1CN(C)CCN1C. The molecule has 1 aliphatic rings. The Morgan fingerprint density at radius 3 is 2.50 bits per heavy atom. The fraction of sp³-hybridized carbons (Fsp3) is 1.00. The average molecular weight is 255 g/mol. The first-order chi connectivity index (χ1) is 8.69. The van der Waals surface area contributed by atoms with Crippen LogP contribution in [0, 0.1) is 0 Å². The Morgan fingerprint density at radius 2 is 1.83 bits per heavy atom. The summed E-state index contributed by atoms with van der Waals surface area (Å²) in [6, 6.07) is 1.33. The zero-order chi connectivity index (χ0) is 13.4. The smallest absolute Gasteiger partial charge is 0.0373 e. The number of hydrogen-bond donors (Lipinski definition) is 1. The topological polar surface area (TPSA) is 18.5 Å². The molecular weight excluding hydrogens is 222 g/mol. The minimum atomic E-state index is 0.652. The van der Waals surface area contributed by atoms with E-state index in [4.69, 9.17) is 0 Å². The standard InChI is InChI=1S/C15H33N3/c1-5-6-7-8-9-10-14(16-2)15-13-17(3)11-12-18(15)4/h14-16H,5-13H2,1-4H3. The Bertz CT molecular complexity index is 208. The lowest BCUT2D eigenvalue weighted by Gasteiger charge is -2.42. The van der Waals surface area contributed by atoms with E-state index in [1.807, 2.05) is 0 Å². The first-order valence-corrected chi connectivity index (χ1v) is 7.75. The van der Waals surface area contributed by atoms with Crippen molar-refractivity contribution in [3.8, 4) is 0 Å². The largest absolute Gasteiger partial charge is 0.315 e. The van der Waals surface area contributed by atoms with Crippen molar-refractivity contribution < 1.29 is 0 Å². The second kappa shape index (κ2) is 8.89. The van der Waals surface area contributed by atoms with Crippen molar-refractivity contribution in [2.24, 2.45) is 0 Å². The molecule has 0 spiro atoms. The molecule has 0 saturated carbocycles. The Hall–Kier alpha value is -0.120. The van der Waals surface area contributed by atoms with Crippen LogP contribution in [0.4, 0.5) is 0 Å². The maximum absolute atomic E-state index is 3.55. The molecule has 1 N–H and O–H groups in total. The molecule has 0 aliphatic carbocycles. The van der Waals surface area contributed by atoms with Gasteiger partial charge in [0.25, 0.3) is 0 Å². The zero-order valence-electron chi connectivity index (χ0n) is 12.9. The fourth-order valence-electron chi connectivity index (χ4n) is 2.98. The fourth-order valence-corrected chi connectivity index (χ4v) is 2.98. The van der Waals surface area contributed by atoms with Crippen LogP contribution < -0.4 is 5.32 Å². The third-order valence-corrected chi connectivity index (χ3v) is 4.35. The third-order valence-electron chi connectivity index (χ3n) is 4.35. The number of unbranched alkanes of at least 4 members (excludes halogenated alkanes) is 4. The molecule has 0 aromatic carbocycles. The van der Waals surface area contributed by atoms with Crippen molar-refractivity contribution >= 4 is 0 Å². The van der Waals surface area contributed by atoms with Gasteiger partial charge in [0.1, 0.15) is 0 Å². The molecule has 1 heterocycles. The van der Waals surface area contributed by atoms with Gasteiger partial charge in [0.05, 0.1) is 0 Å². The van der Waals surface area contributed by atoms with Crippen LogP contribution in [0.15, 0.2) is 0 Å². The highest BCUT2D eigenvalue weighted by Crippen LogP contribution is 2.15. The van der Waals surface area contributed by atoms with Gasteiger partial charge in [-0.05, 0) is 27.6 Å². The molecule has 0 amide bonds. The summed E-state index contributed by atoms with van der Waals surface area (Å²) in [5.41, 5.74) is 0. The summed E-state index contributed by atoms with van der Waals surface area (Å²) in [5, 5.41) is 3.55. The van der Waals surface area contributed by atoms with Crippen molar-refractivity contribution in [3.05, 3.63) is 0 Å². The highest BCUT2D eigenvalue weighted by atomic mass is 15.3. The van der Waals surface area contributed by atoms with E-state index in [2.05, 4.69) is 43.2 Å². The minimum absolute atomic E-state index is 0.652. The van der Waals surface area contributed by atoms with E-state index in [0.717, 1.165) is 0 Å². The van der Waals surface area contributed by atoms with Gasteiger partial charge in [-0.2, -0.15) is 0 Å². The predicted octanol–water partition coefficient (Wildman–Crippen LogP) is 2.18. The third kappa shape index (κ3) is 5.25. The summed E-state index contributed by atoms with van der Waals surface area (Å²) in [4.78, 5) is 5.00. The Balaban J connectivity index is 2.30. The highest BCUT2D eigenvalue weighted by Gasteiger charge is 2.28. The van der Waals surface area contributed by atoms with Crippen LogP contribution in [0.2, 0.25) is 0 Å². The Morgan fingerprint density at radius 1 is 1.11 bits per heavy atom. The predicted molar refractivity (Wildman–Crippen MR) is 80.1 cm³/mol. The number of piperazine rings is 1. The molecule has 1 fully saturated rings. The van der Waals surface area contributed by atoms with Gasteiger partial charge in [-0.15, -0.1) is 0 Å². The van der Waals surface area contributed by atoms with Gasteiger partial charge >= 0.3 is 0 Å². The monoisotopic (exact) mass is 255 g/mol. The molecular formula is C15H33N3. The van der Waals surface area contributed by atoms with E-state index < -0.39 is 0 Å². The van der Waals surface area contributed by atoms with Crippen molar-refractivity contribution in [2.45, 2.75) is 57.5 Å². The molecule has 1 saturated heterocycles. The van der Waals surface area contributed by atoms with E-state index in [1.165, 1.54) is 58.2 Å². The second-order valence-electron chi connectivity index (χ2n) is 5.91.